The Balaban J connectivity index is 1.43. The molecule has 1 aromatic heterocycles. The molecule has 30 heavy (non-hydrogen) atoms. The number of piperidine rings is 1. The van der Waals surface area contributed by atoms with Gasteiger partial charge in [-0.15, -0.1) is 0 Å². The highest BCUT2D eigenvalue weighted by Crippen LogP contribution is 2.25. The van der Waals surface area contributed by atoms with Crippen LogP contribution in [0.2, 0.25) is 0 Å². The molecule has 0 aliphatic carbocycles. The quantitative estimate of drug-likeness (QED) is 0.714. The fourth-order valence-corrected chi connectivity index (χ4v) is 6.09. The third kappa shape index (κ3) is 4.75. The first-order valence-corrected chi connectivity index (χ1v) is 12.4. The first-order valence-electron chi connectivity index (χ1n) is 10.6. The number of hydrogen-bond acceptors (Lipinski definition) is 7. The lowest BCUT2D eigenvalue weighted by Gasteiger charge is -2.33. The van der Waals surface area contributed by atoms with E-state index in [1.807, 2.05) is 12.1 Å². The molecule has 1 N–H and O–H groups in total. The number of carbonyl (C=O) groups is 2. The van der Waals surface area contributed by atoms with Crippen LogP contribution < -0.4 is 5.32 Å². The molecule has 0 unspecified atom stereocenters. The molecule has 0 spiro atoms. The zero-order chi connectivity index (χ0) is 21.1. The summed E-state index contributed by atoms with van der Waals surface area (Å²) in [6.07, 6.45) is 5.89. The van der Waals surface area contributed by atoms with Gasteiger partial charge in [0.2, 0.25) is 5.91 Å². The van der Waals surface area contributed by atoms with Crippen LogP contribution in [0.25, 0.3) is 0 Å². The van der Waals surface area contributed by atoms with Gasteiger partial charge >= 0.3 is 0 Å². The van der Waals surface area contributed by atoms with E-state index in [0.717, 1.165) is 31.7 Å². The number of rotatable bonds is 6. The van der Waals surface area contributed by atoms with Crippen LogP contribution in [0.1, 0.15) is 50.3 Å². The van der Waals surface area contributed by atoms with Crippen molar-refractivity contribution in [2.24, 2.45) is 5.10 Å². The lowest BCUT2D eigenvalue weighted by molar-refractivity contribution is -0.133. The summed E-state index contributed by atoms with van der Waals surface area (Å²) < 4.78 is 29.1. The van der Waals surface area contributed by atoms with E-state index in [-0.39, 0.29) is 47.9 Å². The normalized spacial score (nSPS) is 25.7. The minimum Gasteiger partial charge on any atom is -0.468 e. The van der Waals surface area contributed by atoms with E-state index in [1.54, 1.807) is 6.26 Å². The molecule has 3 aliphatic heterocycles. The topological polar surface area (TPSA) is 112 Å². The van der Waals surface area contributed by atoms with Crippen molar-refractivity contribution < 1.29 is 22.4 Å². The number of hydrazone groups is 1. The highest BCUT2D eigenvalue weighted by atomic mass is 32.2. The minimum atomic E-state index is -3.14. The van der Waals surface area contributed by atoms with Gasteiger partial charge < -0.3 is 9.73 Å². The van der Waals surface area contributed by atoms with Crippen molar-refractivity contribution in [1.29, 1.82) is 0 Å². The molecule has 4 heterocycles. The summed E-state index contributed by atoms with van der Waals surface area (Å²) >= 11 is 0. The van der Waals surface area contributed by atoms with Gasteiger partial charge in [-0.25, -0.2) is 13.4 Å². The third-order valence-corrected chi connectivity index (χ3v) is 7.79. The molecule has 0 aromatic carbocycles. The van der Waals surface area contributed by atoms with Gasteiger partial charge in [0.25, 0.3) is 5.91 Å². The molecule has 2 saturated heterocycles. The minimum absolute atomic E-state index is 0.0499. The van der Waals surface area contributed by atoms with E-state index in [2.05, 4.69) is 15.3 Å². The molecule has 4 rings (SSSR count). The molecule has 0 saturated carbocycles. The Labute approximate surface area is 176 Å². The van der Waals surface area contributed by atoms with Crippen molar-refractivity contribution in [3.05, 3.63) is 24.2 Å². The monoisotopic (exact) mass is 436 g/mol. The highest BCUT2D eigenvalue weighted by Gasteiger charge is 2.37. The summed E-state index contributed by atoms with van der Waals surface area (Å²) in [6, 6.07) is 3.24. The largest absolute Gasteiger partial charge is 0.468 e. The molecule has 0 bridgehead atoms. The fraction of sp³-hybridized carbons (Fsp3) is 0.650. The summed E-state index contributed by atoms with van der Waals surface area (Å²) in [5, 5.41) is 8.42. The van der Waals surface area contributed by atoms with Gasteiger partial charge in [0, 0.05) is 19.4 Å². The second-order valence-electron chi connectivity index (χ2n) is 8.18. The van der Waals surface area contributed by atoms with Gasteiger partial charge in [0.05, 0.1) is 29.9 Å². The van der Waals surface area contributed by atoms with E-state index >= 15 is 0 Å². The van der Waals surface area contributed by atoms with Crippen molar-refractivity contribution >= 4 is 27.4 Å². The zero-order valence-corrected chi connectivity index (χ0v) is 17.8. The molecule has 2 atom stereocenters. The molecule has 164 valence electrons. The predicted octanol–water partition coefficient (Wildman–Crippen LogP) is 1.09. The lowest BCUT2D eigenvalue weighted by atomic mass is 10.1. The molecular formula is C20H28N4O5S. The highest BCUT2D eigenvalue weighted by molar-refractivity contribution is 7.91. The van der Waals surface area contributed by atoms with Crippen molar-refractivity contribution in [2.75, 3.05) is 31.1 Å². The Hall–Kier alpha value is -2.20. The van der Waals surface area contributed by atoms with Gasteiger partial charge in [0.1, 0.15) is 11.5 Å². The maximum absolute atomic E-state index is 12.8. The van der Waals surface area contributed by atoms with Gasteiger partial charge in [-0.3, -0.25) is 14.5 Å². The second-order valence-corrected chi connectivity index (χ2v) is 10.4. The molecular weight excluding hydrogens is 408 g/mol. The van der Waals surface area contributed by atoms with Crippen LogP contribution in [-0.4, -0.2) is 73.0 Å². The average molecular weight is 437 g/mol. The second kappa shape index (κ2) is 8.89. The average Bonchev–Trinajstić information content (AvgIpc) is 3.39. The van der Waals surface area contributed by atoms with Gasteiger partial charge in [-0.2, -0.15) is 5.10 Å². The smallest absolute Gasteiger partial charge is 0.267 e. The van der Waals surface area contributed by atoms with Crippen LogP contribution in [0.3, 0.4) is 0 Å². The molecule has 9 nitrogen and oxygen atoms in total. The Bertz CT molecular complexity index is 906. The Morgan fingerprint density at radius 1 is 1.27 bits per heavy atom. The fourth-order valence-electron chi connectivity index (χ4n) is 4.40. The summed E-state index contributed by atoms with van der Waals surface area (Å²) in [5.74, 6) is 0.235. The standard InChI is InChI=1S/C20H28N4O5S/c25-19-7-6-16(22-24(19)15-8-12-30(27,28)14-15)20(26)21-13-17(18-5-4-11-29-18)23-9-2-1-3-10-23/h4-5,11,15,17H,1-3,6-10,12-14H2,(H,21,26)/t15-,17+/m1/s1. The number of furan rings is 1. The van der Waals surface area contributed by atoms with Crippen LogP contribution in [0.15, 0.2) is 27.9 Å². The Morgan fingerprint density at radius 2 is 2.07 bits per heavy atom. The third-order valence-electron chi connectivity index (χ3n) is 6.04. The zero-order valence-electron chi connectivity index (χ0n) is 17.0. The molecule has 10 heteroatoms. The van der Waals surface area contributed by atoms with Gasteiger partial charge in [-0.1, -0.05) is 6.42 Å². The number of amides is 2. The first kappa shape index (κ1) is 21.0. The van der Waals surface area contributed by atoms with Crippen molar-refractivity contribution in [2.45, 2.75) is 50.6 Å². The van der Waals surface area contributed by atoms with Crippen LogP contribution in [-0.2, 0) is 19.4 Å². The Kier molecular flexibility index (Phi) is 6.24. The van der Waals surface area contributed by atoms with Crippen molar-refractivity contribution in [1.82, 2.24) is 15.2 Å². The van der Waals surface area contributed by atoms with E-state index in [1.165, 1.54) is 11.4 Å². The number of carbonyl (C=O) groups excluding carboxylic acids is 2. The van der Waals surface area contributed by atoms with Crippen LogP contribution in [0.4, 0.5) is 0 Å². The SMILES string of the molecule is O=C(NC[C@@H](c1ccco1)N1CCCCC1)C1=NN([C@@H]2CCS(=O)(=O)C2)C(=O)CC1. The van der Waals surface area contributed by atoms with E-state index < -0.39 is 15.9 Å². The first-order chi connectivity index (χ1) is 14.4. The summed E-state index contributed by atoms with van der Waals surface area (Å²) in [7, 11) is -3.14. The number of sulfone groups is 1. The van der Waals surface area contributed by atoms with E-state index in [4.69, 9.17) is 4.42 Å². The number of nitrogens with zero attached hydrogens (tertiary/aromatic N) is 3. The molecule has 1 aromatic rings. The number of nitrogens with one attached hydrogen (secondary N) is 1. The maximum atomic E-state index is 12.8. The molecule has 2 fully saturated rings. The van der Waals surface area contributed by atoms with E-state index in [0.29, 0.717) is 13.0 Å². The van der Waals surface area contributed by atoms with Crippen molar-refractivity contribution in [3.8, 4) is 0 Å². The van der Waals surface area contributed by atoms with Crippen LogP contribution in [0, 0.1) is 0 Å². The molecule has 2 amide bonds. The molecule has 3 aliphatic rings. The number of hydrogen-bond donors (Lipinski definition) is 1. The number of likely N-dealkylation sites (tertiary alicyclic amines) is 1. The van der Waals surface area contributed by atoms with Crippen LogP contribution in [0.5, 0.6) is 0 Å². The lowest BCUT2D eigenvalue weighted by Crippen LogP contribution is -2.46. The summed E-state index contributed by atoms with van der Waals surface area (Å²) in [5.41, 5.74) is 0.274. The van der Waals surface area contributed by atoms with Gasteiger partial charge in [-0.05, 0) is 44.5 Å². The Morgan fingerprint density at radius 3 is 2.73 bits per heavy atom. The van der Waals surface area contributed by atoms with Crippen molar-refractivity contribution in [3.63, 3.8) is 0 Å². The van der Waals surface area contributed by atoms with E-state index in [9.17, 15) is 18.0 Å². The molecule has 0 radical (unpaired) electrons. The maximum Gasteiger partial charge on any atom is 0.267 e. The van der Waals surface area contributed by atoms with Gasteiger partial charge in [0.15, 0.2) is 9.84 Å². The summed E-state index contributed by atoms with van der Waals surface area (Å²) in [6.45, 7) is 2.30. The predicted molar refractivity (Wildman–Crippen MR) is 110 cm³/mol. The van der Waals surface area contributed by atoms with Crippen LogP contribution >= 0.6 is 0 Å². The summed E-state index contributed by atoms with van der Waals surface area (Å²) in [4.78, 5) is 27.4.